The van der Waals surface area contributed by atoms with Gasteiger partial charge in [-0.25, -0.2) is 4.79 Å². The van der Waals surface area contributed by atoms with E-state index >= 15 is 0 Å². The standard InChI is InChI=1S/C21H23N3O3S/c1-13(12-22-19(25)11-18-20(26)24-21(27)23-18)14-6-8-15(9-7-14)16-4-3-5-17(10-16)28-2/h3-10,13,18H,11-12H2,1-2H3,(H,22,25)(H2,23,24,26,27). The fraction of sp³-hybridized carbons (Fsp3) is 0.286. The quantitative estimate of drug-likeness (QED) is 0.495. The third-order valence-corrected chi connectivity index (χ3v) is 5.46. The van der Waals surface area contributed by atoms with Crippen LogP contribution in [0.15, 0.2) is 53.4 Å². The van der Waals surface area contributed by atoms with E-state index in [-0.39, 0.29) is 18.2 Å². The predicted octanol–water partition coefficient (Wildman–Crippen LogP) is 2.89. The van der Waals surface area contributed by atoms with E-state index in [9.17, 15) is 14.4 Å². The molecule has 1 saturated heterocycles. The van der Waals surface area contributed by atoms with Gasteiger partial charge < -0.3 is 10.6 Å². The Morgan fingerprint density at radius 1 is 1.14 bits per heavy atom. The van der Waals surface area contributed by atoms with Crippen LogP contribution in [0, 0.1) is 0 Å². The van der Waals surface area contributed by atoms with Crippen LogP contribution in [0.5, 0.6) is 0 Å². The van der Waals surface area contributed by atoms with Crippen LogP contribution in [0.2, 0.25) is 0 Å². The van der Waals surface area contributed by atoms with Gasteiger partial charge in [0, 0.05) is 11.4 Å². The smallest absolute Gasteiger partial charge is 0.322 e. The molecule has 0 aromatic heterocycles. The molecule has 6 nitrogen and oxygen atoms in total. The Morgan fingerprint density at radius 3 is 2.54 bits per heavy atom. The molecule has 1 aliphatic heterocycles. The van der Waals surface area contributed by atoms with Gasteiger partial charge in [-0.15, -0.1) is 11.8 Å². The van der Waals surface area contributed by atoms with E-state index in [4.69, 9.17) is 0 Å². The third kappa shape index (κ3) is 4.92. The highest BCUT2D eigenvalue weighted by molar-refractivity contribution is 7.98. The van der Waals surface area contributed by atoms with Gasteiger partial charge in [0.2, 0.25) is 5.91 Å². The van der Waals surface area contributed by atoms with Gasteiger partial charge in [-0.05, 0) is 41.0 Å². The number of hydrogen-bond donors (Lipinski definition) is 3. The van der Waals surface area contributed by atoms with Crippen molar-refractivity contribution < 1.29 is 14.4 Å². The minimum Gasteiger partial charge on any atom is -0.355 e. The second-order valence-electron chi connectivity index (χ2n) is 6.78. The van der Waals surface area contributed by atoms with Crippen LogP contribution in [0.1, 0.15) is 24.8 Å². The fourth-order valence-corrected chi connectivity index (χ4v) is 3.51. The van der Waals surface area contributed by atoms with E-state index in [0.717, 1.165) is 11.1 Å². The Hall–Kier alpha value is -2.80. The molecular formula is C21H23N3O3S. The van der Waals surface area contributed by atoms with Gasteiger partial charge >= 0.3 is 6.03 Å². The minimum atomic E-state index is -0.792. The molecule has 3 rings (SSSR count). The molecule has 0 radical (unpaired) electrons. The Balaban J connectivity index is 1.54. The summed E-state index contributed by atoms with van der Waals surface area (Å²) in [5.41, 5.74) is 3.45. The molecule has 0 spiro atoms. The molecule has 2 atom stereocenters. The van der Waals surface area contributed by atoms with Crippen molar-refractivity contribution in [1.82, 2.24) is 16.0 Å². The summed E-state index contributed by atoms with van der Waals surface area (Å²) in [5, 5.41) is 7.37. The van der Waals surface area contributed by atoms with Gasteiger partial charge in [-0.3, -0.25) is 14.9 Å². The van der Waals surface area contributed by atoms with E-state index in [1.165, 1.54) is 10.5 Å². The number of imide groups is 1. The first-order chi connectivity index (χ1) is 13.5. The minimum absolute atomic E-state index is 0.0605. The number of hydrogen-bond acceptors (Lipinski definition) is 4. The van der Waals surface area contributed by atoms with Crippen molar-refractivity contribution in [3.05, 3.63) is 54.1 Å². The molecule has 1 aliphatic rings. The zero-order valence-corrected chi connectivity index (χ0v) is 16.6. The maximum Gasteiger partial charge on any atom is 0.322 e. The topological polar surface area (TPSA) is 87.3 Å². The molecule has 2 aromatic rings. The Bertz CT molecular complexity index is 883. The lowest BCUT2D eigenvalue weighted by Gasteiger charge is -2.15. The molecule has 146 valence electrons. The summed E-state index contributed by atoms with van der Waals surface area (Å²) in [5.74, 6) is -0.600. The highest BCUT2D eigenvalue weighted by Gasteiger charge is 2.31. The maximum atomic E-state index is 12.0. The molecule has 3 N–H and O–H groups in total. The van der Waals surface area contributed by atoms with Gasteiger partial charge in [0.1, 0.15) is 6.04 Å². The molecule has 4 amide bonds. The molecule has 2 aromatic carbocycles. The highest BCUT2D eigenvalue weighted by Crippen LogP contribution is 2.26. The molecule has 7 heteroatoms. The second-order valence-corrected chi connectivity index (χ2v) is 7.66. The summed E-state index contributed by atoms with van der Waals surface area (Å²) >= 11 is 1.72. The lowest BCUT2D eigenvalue weighted by molar-refractivity contribution is -0.126. The second kappa shape index (κ2) is 8.93. The van der Waals surface area contributed by atoms with Gasteiger partial charge in [-0.1, -0.05) is 43.3 Å². The Morgan fingerprint density at radius 2 is 1.89 bits per heavy atom. The normalized spacial score (nSPS) is 17.0. The molecule has 1 heterocycles. The number of carbonyl (C=O) groups excluding carboxylic acids is 3. The van der Waals surface area contributed by atoms with E-state index in [1.807, 2.05) is 6.92 Å². The van der Waals surface area contributed by atoms with E-state index < -0.39 is 18.0 Å². The molecule has 28 heavy (non-hydrogen) atoms. The Labute approximate surface area is 168 Å². The van der Waals surface area contributed by atoms with Crippen molar-refractivity contribution in [2.45, 2.75) is 30.2 Å². The highest BCUT2D eigenvalue weighted by atomic mass is 32.2. The monoisotopic (exact) mass is 397 g/mol. The number of benzene rings is 2. The van der Waals surface area contributed by atoms with Crippen LogP contribution >= 0.6 is 11.8 Å². The van der Waals surface area contributed by atoms with Crippen molar-refractivity contribution in [2.24, 2.45) is 0 Å². The first-order valence-corrected chi connectivity index (χ1v) is 10.3. The fourth-order valence-electron chi connectivity index (χ4n) is 3.05. The number of nitrogens with one attached hydrogen (secondary N) is 3. The van der Waals surface area contributed by atoms with Gasteiger partial charge in [0.05, 0.1) is 6.42 Å². The summed E-state index contributed by atoms with van der Waals surface area (Å²) in [4.78, 5) is 35.8. The van der Waals surface area contributed by atoms with E-state index in [0.29, 0.717) is 6.54 Å². The van der Waals surface area contributed by atoms with Crippen molar-refractivity contribution in [3.63, 3.8) is 0 Å². The number of thioether (sulfide) groups is 1. The zero-order valence-electron chi connectivity index (χ0n) is 15.8. The van der Waals surface area contributed by atoms with Gasteiger partial charge in [0.15, 0.2) is 0 Å². The van der Waals surface area contributed by atoms with Crippen molar-refractivity contribution >= 4 is 29.6 Å². The summed E-state index contributed by atoms with van der Waals surface area (Å²) in [6.45, 7) is 2.50. The first-order valence-electron chi connectivity index (χ1n) is 9.08. The van der Waals surface area contributed by atoms with Crippen LogP contribution in [0.4, 0.5) is 4.79 Å². The van der Waals surface area contributed by atoms with Crippen LogP contribution in [0.3, 0.4) is 0 Å². The van der Waals surface area contributed by atoms with Crippen LogP contribution in [-0.2, 0) is 9.59 Å². The number of amides is 4. The summed E-state index contributed by atoms with van der Waals surface area (Å²) < 4.78 is 0. The summed E-state index contributed by atoms with van der Waals surface area (Å²) in [6, 6.07) is 15.4. The molecule has 0 saturated carbocycles. The third-order valence-electron chi connectivity index (χ3n) is 4.74. The van der Waals surface area contributed by atoms with Crippen molar-refractivity contribution in [3.8, 4) is 11.1 Å². The molecule has 2 unspecified atom stereocenters. The first kappa shape index (κ1) is 19.9. The molecule has 0 bridgehead atoms. The largest absolute Gasteiger partial charge is 0.355 e. The van der Waals surface area contributed by atoms with Crippen molar-refractivity contribution in [2.75, 3.05) is 12.8 Å². The number of rotatable bonds is 7. The van der Waals surface area contributed by atoms with Crippen LogP contribution < -0.4 is 16.0 Å². The van der Waals surface area contributed by atoms with Crippen LogP contribution in [0.25, 0.3) is 11.1 Å². The summed E-state index contributed by atoms with van der Waals surface area (Å²) in [7, 11) is 0. The van der Waals surface area contributed by atoms with Gasteiger partial charge in [-0.2, -0.15) is 0 Å². The number of carbonyl (C=O) groups is 3. The van der Waals surface area contributed by atoms with Crippen molar-refractivity contribution in [1.29, 1.82) is 0 Å². The lowest BCUT2D eigenvalue weighted by atomic mass is 9.97. The zero-order chi connectivity index (χ0) is 20.1. The predicted molar refractivity (Wildman–Crippen MR) is 110 cm³/mol. The summed E-state index contributed by atoms with van der Waals surface area (Å²) in [6.07, 6.45) is 2.00. The average molecular weight is 398 g/mol. The SMILES string of the molecule is CSc1cccc(-c2ccc(C(C)CNC(=O)CC3NC(=O)NC3=O)cc2)c1. The van der Waals surface area contributed by atoms with Crippen LogP contribution in [-0.4, -0.2) is 36.7 Å². The van der Waals surface area contributed by atoms with E-state index in [2.05, 4.69) is 70.7 Å². The lowest BCUT2D eigenvalue weighted by Crippen LogP contribution is -2.37. The number of urea groups is 1. The molecular weight excluding hydrogens is 374 g/mol. The van der Waals surface area contributed by atoms with E-state index in [1.54, 1.807) is 11.8 Å². The molecule has 0 aliphatic carbocycles. The maximum absolute atomic E-state index is 12.0. The molecule has 1 fully saturated rings. The van der Waals surface area contributed by atoms with Gasteiger partial charge in [0.25, 0.3) is 5.91 Å². The average Bonchev–Trinajstić information content (AvgIpc) is 3.03. The Kier molecular flexibility index (Phi) is 6.36.